The lowest BCUT2D eigenvalue weighted by Gasteiger charge is -2.36. The van der Waals surface area contributed by atoms with Crippen molar-refractivity contribution in [3.63, 3.8) is 0 Å². The molecule has 0 aromatic carbocycles. The highest BCUT2D eigenvalue weighted by Crippen LogP contribution is 2.39. The van der Waals surface area contributed by atoms with Crippen molar-refractivity contribution in [3.05, 3.63) is 47.8 Å². The number of anilines is 1. The standard InChI is InChI=1S/C23H23F3N6O2/c1-22(2,34)20(24)12-29-21(33)16-11-28-18(6-17(16)31-14-7-23(25,26)8-14)19-4-3-15-5-13(9-27)10-30-32(15)19/h3-6,10-11,14,20,34H,7-8,12H2,1-2H3,(H,28,31)(H,29,33)/t20-/m1/s1. The quantitative estimate of drug-likeness (QED) is 0.486. The molecular weight excluding hydrogens is 449 g/mol. The van der Waals surface area contributed by atoms with Gasteiger partial charge in [0.05, 0.1) is 52.1 Å². The molecule has 11 heteroatoms. The molecule has 0 unspecified atom stereocenters. The number of halogens is 3. The van der Waals surface area contributed by atoms with E-state index in [-0.39, 0.29) is 24.1 Å². The van der Waals surface area contributed by atoms with Crippen LogP contribution in [0.5, 0.6) is 0 Å². The molecule has 0 bridgehead atoms. The minimum absolute atomic E-state index is 0.0579. The van der Waals surface area contributed by atoms with Crippen LogP contribution in [0.4, 0.5) is 18.9 Å². The Labute approximate surface area is 193 Å². The van der Waals surface area contributed by atoms with Crippen LogP contribution in [0.2, 0.25) is 0 Å². The van der Waals surface area contributed by atoms with E-state index in [1.165, 1.54) is 26.2 Å². The van der Waals surface area contributed by atoms with Gasteiger partial charge in [-0.05, 0) is 38.1 Å². The van der Waals surface area contributed by atoms with E-state index in [1.807, 2.05) is 6.07 Å². The van der Waals surface area contributed by atoms with Gasteiger partial charge in [0.2, 0.25) is 0 Å². The van der Waals surface area contributed by atoms with Crippen LogP contribution in [0.25, 0.3) is 16.9 Å². The molecule has 0 saturated heterocycles. The maximum Gasteiger partial charge on any atom is 0.255 e. The summed E-state index contributed by atoms with van der Waals surface area (Å²) < 4.78 is 42.4. The second-order valence-electron chi connectivity index (χ2n) is 8.96. The molecule has 1 aliphatic carbocycles. The number of aromatic nitrogens is 3. The minimum Gasteiger partial charge on any atom is -0.387 e. The van der Waals surface area contributed by atoms with E-state index in [4.69, 9.17) is 5.26 Å². The lowest BCUT2D eigenvalue weighted by molar-refractivity contribution is -0.0793. The average molecular weight is 472 g/mol. The second-order valence-corrected chi connectivity index (χ2v) is 8.96. The normalized spacial score (nSPS) is 16.5. The van der Waals surface area contributed by atoms with Crippen LogP contribution in [0.15, 0.2) is 36.7 Å². The Morgan fingerprint density at radius 3 is 2.74 bits per heavy atom. The summed E-state index contributed by atoms with van der Waals surface area (Å²) in [5.74, 6) is -3.42. The summed E-state index contributed by atoms with van der Waals surface area (Å²) in [5, 5.41) is 28.4. The van der Waals surface area contributed by atoms with Gasteiger partial charge in [-0.25, -0.2) is 17.7 Å². The maximum atomic E-state index is 14.1. The average Bonchev–Trinajstić information content (AvgIpc) is 3.18. The van der Waals surface area contributed by atoms with Gasteiger partial charge in [0.15, 0.2) is 0 Å². The van der Waals surface area contributed by atoms with Gasteiger partial charge in [-0.1, -0.05) is 0 Å². The molecule has 0 aliphatic heterocycles. The Morgan fingerprint density at radius 1 is 1.35 bits per heavy atom. The van der Waals surface area contributed by atoms with Crippen molar-refractivity contribution >= 4 is 17.1 Å². The largest absolute Gasteiger partial charge is 0.387 e. The van der Waals surface area contributed by atoms with Crippen molar-refractivity contribution in [2.24, 2.45) is 0 Å². The van der Waals surface area contributed by atoms with E-state index in [9.17, 15) is 23.1 Å². The van der Waals surface area contributed by atoms with E-state index < -0.39 is 36.2 Å². The number of carbonyl (C=O) groups is 1. The number of aliphatic hydroxyl groups is 1. The molecule has 4 rings (SSSR count). The fourth-order valence-corrected chi connectivity index (χ4v) is 3.66. The second kappa shape index (κ2) is 8.61. The first-order chi connectivity index (χ1) is 16.0. The molecule has 1 amide bonds. The topological polar surface area (TPSA) is 115 Å². The zero-order valence-corrected chi connectivity index (χ0v) is 18.5. The molecule has 0 radical (unpaired) electrons. The first-order valence-electron chi connectivity index (χ1n) is 10.6. The van der Waals surface area contributed by atoms with Crippen LogP contribution in [0, 0.1) is 11.3 Å². The molecule has 34 heavy (non-hydrogen) atoms. The number of hydrogen-bond acceptors (Lipinski definition) is 6. The summed E-state index contributed by atoms with van der Waals surface area (Å²) >= 11 is 0. The highest BCUT2D eigenvalue weighted by molar-refractivity contribution is 6.00. The molecule has 1 fully saturated rings. The summed E-state index contributed by atoms with van der Waals surface area (Å²) in [6, 6.07) is 8.18. The molecule has 0 spiro atoms. The van der Waals surface area contributed by atoms with Crippen molar-refractivity contribution < 1.29 is 23.1 Å². The molecule has 1 aliphatic rings. The van der Waals surface area contributed by atoms with Gasteiger partial charge in [0.25, 0.3) is 11.8 Å². The fourth-order valence-electron chi connectivity index (χ4n) is 3.66. The maximum absolute atomic E-state index is 14.1. The summed E-state index contributed by atoms with van der Waals surface area (Å²) in [6.45, 7) is 2.15. The Balaban J connectivity index is 1.65. The van der Waals surface area contributed by atoms with Gasteiger partial charge in [-0.15, -0.1) is 0 Å². The van der Waals surface area contributed by atoms with Gasteiger partial charge < -0.3 is 15.7 Å². The fraction of sp³-hybridized carbons (Fsp3) is 0.391. The predicted octanol–water partition coefficient (Wildman–Crippen LogP) is 3.32. The number of pyridine rings is 1. The first-order valence-corrected chi connectivity index (χ1v) is 10.6. The number of carbonyl (C=O) groups excluding carboxylic acids is 1. The molecule has 178 valence electrons. The summed E-state index contributed by atoms with van der Waals surface area (Å²) in [7, 11) is 0. The summed E-state index contributed by atoms with van der Waals surface area (Å²) in [6.07, 6.45) is 0.239. The Hall–Kier alpha value is -3.65. The number of nitrogens with one attached hydrogen (secondary N) is 2. The molecule has 1 atom stereocenters. The van der Waals surface area contributed by atoms with E-state index >= 15 is 0 Å². The molecule has 3 aromatic heterocycles. The summed E-state index contributed by atoms with van der Waals surface area (Å²) in [5.41, 5.74) is 0.728. The molecule has 3 heterocycles. The molecule has 3 N–H and O–H groups in total. The van der Waals surface area contributed by atoms with Crippen molar-refractivity contribution in [1.82, 2.24) is 19.9 Å². The Morgan fingerprint density at radius 2 is 2.09 bits per heavy atom. The Bertz CT molecular complexity index is 1270. The monoisotopic (exact) mass is 472 g/mol. The number of alkyl halides is 3. The molecule has 3 aromatic rings. The highest BCUT2D eigenvalue weighted by atomic mass is 19.3. The Kier molecular flexibility index (Phi) is 5.95. The van der Waals surface area contributed by atoms with E-state index in [0.29, 0.717) is 22.5 Å². The third-order valence-electron chi connectivity index (χ3n) is 5.70. The van der Waals surface area contributed by atoms with Gasteiger partial charge in [0, 0.05) is 25.1 Å². The smallest absolute Gasteiger partial charge is 0.255 e. The third-order valence-corrected chi connectivity index (χ3v) is 5.70. The zero-order valence-electron chi connectivity index (χ0n) is 18.5. The van der Waals surface area contributed by atoms with Crippen LogP contribution in [0.1, 0.15) is 42.6 Å². The van der Waals surface area contributed by atoms with Gasteiger partial charge in [0.1, 0.15) is 12.2 Å². The number of rotatable bonds is 7. The van der Waals surface area contributed by atoms with E-state index in [0.717, 1.165) is 0 Å². The minimum atomic E-state index is -2.76. The van der Waals surface area contributed by atoms with E-state index in [2.05, 4.69) is 20.7 Å². The van der Waals surface area contributed by atoms with Crippen molar-refractivity contribution in [1.29, 1.82) is 5.26 Å². The van der Waals surface area contributed by atoms with Crippen LogP contribution in [-0.4, -0.2) is 55.9 Å². The lowest BCUT2D eigenvalue weighted by atomic mass is 9.88. The van der Waals surface area contributed by atoms with Gasteiger partial charge in [-0.3, -0.25) is 9.78 Å². The number of fused-ring (bicyclic) bond motifs is 1. The number of hydrogen-bond donors (Lipinski definition) is 3. The first kappa shape index (κ1) is 23.5. The van der Waals surface area contributed by atoms with Crippen LogP contribution in [0.3, 0.4) is 0 Å². The predicted molar refractivity (Wildman–Crippen MR) is 118 cm³/mol. The summed E-state index contributed by atoms with van der Waals surface area (Å²) in [4.78, 5) is 17.1. The van der Waals surface area contributed by atoms with Crippen LogP contribution < -0.4 is 10.6 Å². The zero-order chi connectivity index (χ0) is 24.7. The number of nitrogens with zero attached hydrogens (tertiary/aromatic N) is 4. The third kappa shape index (κ3) is 4.82. The van der Waals surface area contributed by atoms with Crippen molar-refractivity contribution in [3.8, 4) is 17.5 Å². The van der Waals surface area contributed by atoms with E-state index in [1.54, 1.807) is 28.8 Å². The van der Waals surface area contributed by atoms with Gasteiger partial charge in [-0.2, -0.15) is 10.4 Å². The molecule has 1 saturated carbocycles. The number of amides is 1. The van der Waals surface area contributed by atoms with Gasteiger partial charge >= 0.3 is 0 Å². The SMILES string of the molecule is CC(C)(O)[C@H](F)CNC(=O)c1cnc(-c2ccc3cc(C#N)cnn23)cc1NC1CC(F)(F)C1. The lowest BCUT2D eigenvalue weighted by Crippen LogP contribution is -2.45. The highest BCUT2D eigenvalue weighted by Gasteiger charge is 2.45. The molecule has 8 nitrogen and oxygen atoms in total. The molecular formula is C23H23F3N6O2. The van der Waals surface area contributed by atoms with Crippen LogP contribution >= 0.6 is 0 Å². The van der Waals surface area contributed by atoms with Crippen LogP contribution in [-0.2, 0) is 0 Å². The van der Waals surface area contributed by atoms with Crippen molar-refractivity contribution in [2.45, 2.75) is 50.4 Å². The van der Waals surface area contributed by atoms with Crippen molar-refractivity contribution in [2.75, 3.05) is 11.9 Å². The number of nitriles is 1.